The van der Waals surface area contributed by atoms with E-state index in [1.165, 1.54) is 69.0 Å². The number of hydrogen-bond acceptors (Lipinski definition) is 3. The summed E-state index contributed by atoms with van der Waals surface area (Å²) in [5.74, 6) is 4.76. The molecule has 0 N–H and O–H groups in total. The van der Waals surface area contributed by atoms with Crippen molar-refractivity contribution in [3.05, 3.63) is 151 Å². The van der Waals surface area contributed by atoms with Gasteiger partial charge in [0.1, 0.15) is 11.5 Å². The molecule has 6 aromatic carbocycles. The van der Waals surface area contributed by atoms with Gasteiger partial charge in [0.15, 0.2) is 0 Å². The van der Waals surface area contributed by atoms with Crippen LogP contribution in [0.2, 0.25) is 0 Å². The molecule has 2 fully saturated rings. The fourth-order valence-corrected chi connectivity index (χ4v) is 10.2. The standard InChI is InChI=1S/C47H43NOS/c1-31-27-35-12-10-13-36(28-31)47(35)42-26-24-39(30-44(42)49-43-17-8-6-11-32(43)2)48(37-14-4-3-5-15-37)38-22-19-33(20-23-38)34-21-25-41-40-16-7-9-18-45(40)50-46(41)29-34/h3-9,11,14-26,29-31,35-36,47H,10,12-13,27-28H2,1-2H3/t31-,35-,36+,47?. The number of hydrogen-bond donors (Lipinski definition) is 0. The predicted octanol–water partition coefficient (Wildman–Crippen LogP) is 14.2. The Kier molecular flexibility index (Phi) is 8.17. The van der Waals surface area contributed by atoms with Gasteiger partial charge in [-0.3, -0.25) is 0 Å². The van der Waals surface area contributed by atoms with Crippen molar-refractivity contribution in [2.24, 2.45) is 17.8 Å². The summed E-state index contributed by atoms with van der Waals surface area (Å²) in [6.07, 6.45) is 6.67. The van der Waals surface area contributed by atoms with Crippen LogP contribution in [0.3, 0.4) is 0 Å². The first-order valence-corrected chi connectivity index (χ1v) is 19.1. The van der Waals surface area contributed by atoms with Gasteiger partial charge in [0.05, 0.1) is 0 Å². The second-order valence-electron chi connectivity index (χ2n) is 14.7. The second kappa shape index (κ2) is 13.1. The van der Waals surface area contributed by atoms with Gasteiger partial charge >= 0.3 is 0 Å². The normalized spacial score (nSPS) is 20.2. The fraction of sp³-hybridized carbons (Fsp3) is 0.234. The average Bonchev–Trinajstić information content (AvgIpc) is 3.51. The van der Waals surface area contributed by atoms with Gasteiger partial charge in [-0.15, -0.1) is 11.3 Å². The molecule has 1 aromatic heterocycles. The monoisotopic (exact) mass is 669 g/mol. The van der Waals surface area contributed by atoms with E-state index in [0.717, 1.165) is 51.9 Å². The number of ether oxygens (including phenoxy) is 1. The molecule has 3 heteroatoms. The van der Waals surface area contributed by atoms with Crippen molar-refractivity contribution in [2.45, 2.75) is 51.9 Å². The third kappa shape index (κ3) is 5.78. The molecule has 0 amide bonds. The van der Waals surface area contributed by atoms with Crippen molar-refractivity contribution in [1.82, 2.24) is 0 Å². The molecule has 9 rings (SSSR count). The zero-order chi connectivity index (χ0) is 33.6. The number of para-hydroxylation sites is 2. The van der Waals surface area contributed by atoms with Crippen molar-refractivity contribution in [1.29, 1.82) is 0 Å². The van der Waals surface area contributed by atoms with Crippen LogP contribution in [0.5, 0.6) is 11.5 Å². The first-order chi connectivity index (χ1) is 24.6. The summed E-state index contributed by atoms with van der Waals surface area (Å²) in [4.78, 5) is 2.37. The number of fused-ring (bicyclic) bond motifs is 5. The molecule has 0 aliphatic heterocycles. The van der Waals surface area contributed by atoms with Crippen LogP contribution in [-0.2, 0) is 0 Å². The van der Waals surface area contributed by atoms with E-state index < -0.39 is 0 Å². The number of nitrogens with zero attached hydrogens (tertiary/aromatic N) is 1. The first kappa shape index (κ1) is 31.1. The smallest absolute Gasteiger partial charge is 0.133 e. The zero-order valence-corrected chi connectivity index (χ0v) is 29.7. The molecule has 50 heavy (non-hydrogen) atoms. The third-order valence-electron chi connectivity index (χ3n) is 11.4. The van der Waals surface area contributed by atoms with Crippen LogP contribution in [0.25, 0.3) is 31.3 Å². The van der Waals surface area contributed by atoms with E-state index in [9.17, 15) is 0 Å². The minimum absolute atomic E-state index is 0.552. The third-order valence-corrected chi connectivity index (χ3v) is 12.5. The van der Waals surface area contributed by atoms with Gasteiger partial charge in [-0.1, -0.05) is 98.3 Å². The maximum atomic E-state index is 6.96. The molecular formula is C47H43NOS. The van der Waals surface area contributed by atoms with Gasteiger partial charge in [-0.25, -0.2) is 0 Å². The molecule has 2 aliphatic rings. The molecule has 1 heterocycles. The summed E-state index contributed by atoms with van der Waals surface area (Å²) in [6, 6.07) is 50.9. The minimum Gasteiger partial charge on any atom is -0.457 e. The molecule has 2 saturated carbocycles. The van der Waals surface area contributed by atoms with E-state index in [-0.39, 0.29) is 0 Å². The second-order valence-corrected chi connectivity index (χ2v) is 15.8. The predicted molar refractivity (Wildman–Crippen MR) is 213 cm³/mol. The van der Waals surface area contributed by atoms with Crippen molar-refractivity contribution < 1.29 is 4.74 Å². The summed E-state index contributed by atoms with van der Waals surface area (Å²) in [6.45, 7) is 4.60. The van der Waals surface area contributed by atoms with E-state index in [1.807, 2.05) is 11.3 Å². The lowest BCUT2D eigenvalue weighted by molar-refractivity contribution is 0.110. The maximum Gasteiger partial charge on any atom is 0.133 e. The molecule has 0 saturated heterocycles. The van der Waals surface area contributed by atoms with Crippen molar-refractivity contribution >= 4 is 48.6 Å². The Balaban J connectivity index is 1.12. The molecule has 2 nitrogen and oxygen atoms in total. The molecule has 248 valence electrons. The maximum absolute atomic E-state index is 6.96. The van der Waals surface area contributed by atoms with Gasteiger partial charge in [-0.2, -0.15) is 0 Å². The Morgan fingerprint density at radius 1 is 0.580 bits per heavy atom. The Morgan fingerprint density at radius 2 is 1.24 bits per heavy atom. The summed E-state index contributed by atoms with van der Waals surface area (Å²) >= 11 is 1.87. The van der Waals surface area contributed by atoms with Crippen LogP contribution in [0.15, 0.2) is 140 Å². The van der Waals surface area contributed by atoms with E-state index in [1.54, 1.807) is 0 Å². The van der Waals surface area contributed by atoms with Crippen LogP contribution < -0.4 is 9.64 Å². The fourth-order valence-electron chi connectivity index (χ4n) is 9.10. The molecular weight excluding hydrogens is 627 g/mol. The van der Waals surface area contributed by atoms with E-state index in [4.69, 9.17) is 4.74 Å². The Hall–Kier alpha value is -4.86. The largest absolute Gasteiger partial charge is 0.457 e. The van der Waals surface area contributed by atoms with Crippen LogP contribution in [0, 0.1) is 24.7 Å². The lowest BCUT2D eigenvalue weighted by Gasteiger charge is -2.46. The highest BCUT2D eigenvalue weighted by atomic mass is 32.1. The Labute approximate surface area is 300 Å². The highest BCUT2D eigenvalue weighted by molar-refractivity contribution is 7.25. The van der Waals surface area contributed by atoms with E-state index in [0.29, 0.717) is 5.92 Å². The topological polar surface area (TPSA) is 12.5 Å². The Morgan fingerprint density at radius 3 is 2.04 bits per heavy atom. The average molecular weight is 670 g/mol. The van der Waals surface area contributed by atoms with E-state index in [2.05, 4.69) is 158 Å². The summed E-state index contributed by atoms with van der Waals surface area (Å²) in [7, 11) is 0. The lowest BCUT2D eigenvalue weighted by Crippen LogP contribution is -2.34. The zero-order valence-electron chi connectivity index (χ0n) is 28.9. The number of aryl methyl sites for hydroxylation is 1. The van der Waals surface area contributed by atoms with E-state index >= 15 is 0 Å². The number of benzene rings is 6. The van der Waals surface area contributed by atoms with Crippen LogP contribution >= 0.6 is 11.3 Å². The molecule has 0 spiro atoms. The first-order valence-electron chi connectivity index (χ1n) is 18.3. The summed E-state index contributed by atoms with van der Waals surface area (Å²) in [5.41, 5.74) is 8.37. The van der Waals surface area contributed by atoms with Gasteiger partial charge in [0, 0.05) is 43.3 Å². The minimum atomic E-state index is 0.552. The number of rotatable bonds is 7. The number of thiophene rings is 1. The summed E-state index contributed by atoms with van der Waals surface area (Å²) < 4.78 is 9.63. The quantitative estimate of drug-likeness (QED) is 0.167. The molecule has 4 atom stereocenters. The molecule has 7 aromatic rings. The highest BCUT2D eigenvalue weighted by Crippen LogP contribution is 2.54. The van der Waals surface area contributed by atoms with Crippen LogP contribution in [0.1, 0.15) is 56.1 Å². The number of anilines is 3. The molecule has 2 aliphatic carbocycles. The van der Waals surface area contributed by atoms with Gasteiger partial charge in [0.25, 0.3) is 0 Å². The van der Waals surface area contributed by atoms with Crippen molar-refractivity contribution in [2.75, 3.05) is 4.90 Å². The van der Waals surface area contributed by atoms with Crippen LogP contribution in [-0.4, -0.2) is 0 Å². The molecule has 2 bridgehead atoms. The molecule has 1 unspecified atom stereocenters. The Bertz CT molecular complexity index is 2270. The van der Waals surface area contributed by atoms with Crippen molar-refractivity contribution in [3.8, 4) is 22.6 Å². The van der Waals surface area contributed by atoms with Crippen molar-refractivity contribution in [3.63, 3.8) is 0 Å². The lowest BCUT2D eigenvalue weighted by atomic mass is 9.59. The SMILES string of the molecule is Cc1ccccc1Oc1cc(N(c2ccccc2)c2ccc(-c3ccc4c(c3)sc3ccccc34)cc2)ccc1C1[C@@H]2CCC[C@H]1C[C@H](C)C2. The van der Waals surface area contributed by atoms with Gasteiger partial charge < -0.3 is 9.64 Å². The van der Waals surface area contributed by atoms with Gasteiger partial charge in [-0.05, 0) is 127 Å². The van der Waals surface area contributed by atoms with Crippen LogP contribution in [0.4, 0.5) is 17.1 Å². The molecule has 0 radical (unpaired) electrons. The van der Waals surface area contributed by atoms with Gasteiger partial charge in [0.2, 0.25) is 0 Å². The summed E-state index contributed by atoms with van der Waals surface area (Å²) in [5, 5.41) is 2.67. The highest BCUT2D eigenvalue weighted by Gasteiger charge is 2.41.